The molecule has 3 rings (SSSR count). The highest BCUT2D eigenvalue weighted by molar-refractivity contribution is 7.08. The summed E-state index contributed by atoms with van der Waals surface area (Å²) in [4.78, 5) is 4.23. The monoisotopic (exact) mass is 260 g/mol. The van der Waals surface area contributed by atoms with Crippen molar-refractivity contribution in [1.29, 1.82) is 0 Å². The van der Waals surface area contributed by atoms with E-state index in [1.807, 2.05) is 16.8 Å². The lowest BCUT2D eigenvalue weighted by atomic mass is 10.2. The molecule has 0 spiro atoms. The highest BCUT2D eigenvalue weighted by Gasteiger charge is 2.12. The second-order valence-electron chi connectivity index (χ2n) is 3.64. The summed E-state index contributed by atoms with van der Waals surface area (Å²) in [6, 6.07) is 6.24. The average molecular weight is 260 g/mol. The molecule has 0 fully saturated rings. The van der Waals surface area contributed by atoms with E-state index in [2.05, 4.69) is 10.1 Å². The van der Waals surface area contributed by atoms with Gasteiger partial charge in [0.05, 0.1) is 0 Å². The van der Waals surface area contributed by atoms with Crippen molar-refractivity contribution < 1.29 is 14.7 Å². The number of aromatic hydroxyl groups is 2. The molecule has 0 saturated carbocycles. The van der Waals surface area contributed by atoms with Gasteiger partial charge in [-0.15, -0.1) is 0 Å². The summed E-state index contributed by atoms with van der Waals surface area (Å²) >= 11 is 1.55. The maximum absolute atomic E-state index is 9.41. The van der Waals surface area contributed by atoms with Crippen LogP contribution in [-0.4, -0.2) is 20.4 Å². The van der Waals surface area contributed by atoms with Crippen LogP contribution in [0.3, 0.4) is 0 Å². The van der Waals surface area contributed by atoms with Gasteiger partial charge in [-0.25, -0.2) is 0 Å². The van der Waals surface area contributed by atoms with Gasteiger partial charge in [0.2, 0.25) is 5.82 Å². The zero-order chi connectivity index (χ0) is 12.5. The molecular formula is C12H8N2O3S. The summed E-state index contributed by atoms with van der Waals surface area (Å²) in [6.45, 7) is 0. The molecule has 0 amide bonds. The van der Waals surface area contributed by atoms with Crippen LogP contribution in [0.2, 0.25) is 0 Å². The number of thiophene rings is 1. The number of phenolic OH excluding ortho intramolecular Hbond substituents is 2. The average Bonchev–Trinajstić information content (AvgIpc) is 3.01. The first-order chi connectivity index (χ1) is 8.74. The van der Waals surface area contributed by atoms with Crippen LogP contribution in [0.25, 0.3) is 22.8 Å². The Morgan fingerprint density at radius 2 is 1.94 bits per heavy atom. The van der Waals surface area contributed by atoms with Crippen LogP contribution in [0.1, 0.15) is 0 Å². The lowest BCUT2D eigenvalue weighted by Crippen LogP contribution is -1.79. The number of rotatable bonds is 2. The van der Waals surface area contributed by atoms with Gasteiger partial charge in [0.25, 0.3) is 5.89 Å². The van der Waals surface area contributed by atoms with Gasteiger partial charge in [0.15, 0.2) is 11.5 Å². The molecule has 2 heterocycles. The Kier molecular flexibility index (Phi) is 2.49. The molecule has 0 aliphatic heterocycles. The minimum Gasteiger partial charge on any atom is -0.504 e. The number of nitrogens with zero attached hydrogens (tertiary/aromatic N) is 2. The van der Waals surface area contributed by atoms with Gasteiger partial charge in [0, 0.05) is 16.5 Å². The fraction of sp³-hybridized carbons (Fsp3) is 0. The Morgan fingerprint density at radius 1 is 1.06 bits per heavy atom. The minimum absolute atomic E-state index is 0.184. The molecule has 0 aliphatic carbocycles. The first kappa shape index (κ1) is 10.8. The van der Waals surface area contributed by atoms with Gasteiger partial charge in [0.1, 0.15) is 0 Å². The van der Waals surface area contributed by atoms with Crippen LogP contribution in [-0.2, 0) is 0 Å². The molecule has 2 N–H and O–H groups in total. The molecule has 6 heteroatoms. The standard InChI is InChI=1S/C12H8N2O3S/c15-9-2-1-7(5-10(9)16)12-13-11(14-17-12)8-3-4-18-6-8/h1-6,15-16H. The van der Waals surface area contributed by atoms with E-state index in [0.29, 0.717) is 17.3 Å². The number of aromatic nitrogens is 2. The van der Waals surface area contributed by atoms with E-state index in [1.165, 1.54) is 12.1 Å². The lowest BCUT2D eigenvalue weighted by molar-refractivity contribution is 0.402. The summed E-state index contributed by atoms with van der Waals surface area (Å²) in [7, 11) is 0. The molecule has 0 bridgehead atoms. The van der Waals surface area contributed by atoms with Crippen LogP contribution >= 0.6 is 11.3 Å². The van der Waals surface area contributed by atoms with Crippen molar-refractivity contribution in [3.05, 3.63) is 35.0 Å². The normalized spacial score (nSPS) is 10.7. The fourth-order valence-electron chi connectivity index (χ4n) is 1.51. The molecule has 0 atom stereocenters. The smallest absolute Gasteiger partial charge is 0.258 e. The molecular weight excluding hydrogens is 252 g/mol. The highest BCUT2D eigenvalue weighted by atomic mass is 32.1. The van der Waals surface area contributed by atoms with E-state index in [-0.39, 0.29) is 11.5 Å². The summed E-state index contributed by atoms with van der Waals surface area (Å²) in [5.41, 5.74) is 1.44. The summed E-state index contributed by atoms with van der Waals surface area (Å²) in [6.07, 6.45) is 0. The number of hydrogen-bond acceptors (Lipinski definition) is 6. The Bertz CT molecular complexity index is 676. The van der Waals surface area contributed by atoms with E-state index in [0.717, 1.165) is 5.56 Å². The molecule has 18 heavy (non-hydrogen) atoms. The van der Waals surface area contributed by atoms with E-state index < -0.39 is 0 Å². The third-order valence-electron chi connectivity index (χ3n) is 2.43. The van der Waals surface area contributed by atoms with Crippen molar-refractivity contribution in [2.75, 3.05) is 0 Å². The zero-order valence-corrected chi connectivity index (χ0v) is 9.89. The van der Waals surface area contributed by atoms with Gasteiger partial charge in [-0.1, -0.05) is 5.16 Å². The molecule has 3 aromatic rings. The predicted molar refractivity (Wildman–Crippen MR) is 66.4 cm³/mol. The van der Waals surface area contributed by atoms with Crippen molar-refractivity contribution in [3.63, 3.8) is 0 Å². The number of hydrogen-bond donors (Lipinski definition) is 2. The second-order valence-corrected chi connectivity index (χ2v) is 4.42. The van der Waals surface area contributed by atoms with Crippen molar-refractivity contribution in [2.45, 2.75) is 0 Å². The van der Waals surface area contributed by atoms with E-state index in [9.17, 15) is 10.2 Å². The molecule has 0 saturated heterocycles. The van der Waals surface area contributed by atoms with Crippen LogP contribution < -0.4 is 0 Å². The van der Waals surface area contributed by atoms with Gasteiger partial charge in [-0.3, -0.25) is 0 Å². The summed E-state index contributed by atoms with van der Waals surface area (Å²) in [5.74, 6) is 0.393. The highest BCUT2D eigenvalue weighted by Crippen LogP contribution is 2.30. The van der Waals surface area contributed by atoms with Crippen molar-refractivity contribution in [2.24, 2.45) is 0 Å². The Morgan fingerprint density at radius 3 is 2.67 bits per heavy atom. The van der Waals surface area contributed by atoms with Crippen molar-refractivity contribution >= 4 is 11.3 Å². The van der Waals surface area contributed by atoms with E-state index in [1.54, 1.807) is 17.4 Å². The SMILES string of the molecule is Oc1ccc(-c2nc(-c3ccsc3)no2)cc1O. The third-order valence-corrected chi connectivity index (χ3v) is 3.11. The first-order valence-corrected chi connectivity index (χ1v) is 6.07. The first-order valence-electron chi connectivity index (χ1n) is 5.12. The maximum Gasteiger partial charge on any atom is 0.258 e. The van der Waals surface area contributed by atoms with Gasteiger partial charge >= 0.3 is 0 Å². The molecule has 0 unspecified atom stereocenters. The van der Waals surface area contributed by atoms with Crippen molar-refractivity contribution in [1.82, 2.24) is 10.1 Å². The molecule has 0 aliphatic rings. The molecule has 90 valence electrons. The van der Waals surface area contributed by atoms with Crippen LogP contribution in [0.5, 0.6) is 11.5 Å². The van der Waals surface area contributed by atoms with E-state index >= 15 is 0 Å². The molecule has 2 aromatic heterocycles. The topological polar surface area (TPSA) is 79.4 Å². The van der Waals surface area contributed by atoms with Crippen LogP contribution in [0.4, 0.5) is 0 Å². The quantitative estimate of drug-likeness (QED) is 0.692. The maximum atomic E-state index is 9.41. The Labute approximate surface area is 106 Å². The predicted octanol–water partition coefficient (Wildman–Crippen LogP) is 2.88. The Hall–Kier alpha value is -2.34. The summed E-state index contributed by atoms with van der Waals surface area (Å²) < 4.78 is 5.12. The fourth-order valence-corrected chi connectivity index (χ4v) is 2.14. The largest absolute Gasteiger partial charge is 0.504 e. The third kappa shape index (κ3) is 1.82. The number of benzene rings is 1. The van der Waals surface area contributed by atoms with Gasteiger partial charge in [-0.05, 0) is 29.6 Å². The summed E-state index contributed by atoms with van der Waals surface area (Å²) in [5, 5.41) is 26.4. The number of phenols is 2. The van der Waals surface area contributed by atoms with Gasteiger partial charge in [-0.2, -0.15) is 16.3 Å². The molecule has 5 nitrogen and oxygen atoms in total. The van der Waals surface area contributed by atoms with Crippen molar-refractivity contribution in [3.8, 4) is 34.3 Å². The lowest BCUT2D eigenvalue weighted by Gasteiger charge is -1.98. The van der Waals surface area contributed by atoms with Crippen LogP contribution in [0.15, 0.2) is 39.5 Å². The van der Waals surface area contributed by atoms with E-state index in [4.69, 9.17) is 4.52 Å². The minimum atomic E-state index is -0.220. The van der Waals surface area contributed by atoms with Gasteiger partial charge < -0.3 is 14.7 Å². The second kappa shape index (κ2) is 4.15. The molecule has 1 aromatic carbocycles. The Balaban J connectivity index is 2.00. The zero-order valence-electron chi connectivity index (χ0n) is 9.07. The molecule has 0 radical (unpaired) electrons. The van der Waals surface area contributed by atoms with Crippen LogP contribution in [0, 0.1) is 0 Å².